The summed E-state index contributed by atoms with van der Waals surface area (Å²) in [6, 6.07) is 11.5. The van der Waals surface area contributed by atoms with Gasteiger partial charge in [0.1, 0.15) is 11.5 Å². The number of phenolic OH excluding ortho intramolecular Hbond substituents is 2. The Labute approximate surface area is 99.6 Å². The predicted molar refractivity (Wildman–Crippen MR) is 66.9 cm³/mol. The first kappa shape index (κ1) is 12.2. The van der Waals surface area contributed by atoms with Gasteiger partial charge in [-0.25, -0.2) is 0 Å². The minimum absolute atomic E-state index is 0. The molecule has 84 valence electrons. The van der Waals surface area contributed by atoms with Crippen LogP contribution in [0.25, 0.3) is 11.1 Å². The summed E-state index contributed by atoms with van der Waals surface area (Å²) in [6.07, 6.45) is 0. The lowest BCUT2D eigenvalue weighted by atomic mass is 10.0. The number of rotatable bonds is 1. The van der Waals surface area contributed by atoms with Gasteiger partial charge in [-0.15, -0.1) is 12.4 Å². The summed E-state index contributed by atoms with van der Waals surface area (Å²) in [4.78, 5) is 0. The Morgan fingerprint density at radius 2 is 1.69 bits per heavy atom. The molecule has 0 bridgehead atoms. The van der Waals surface area contributed by atoms with Crippen LogP contribution in [0.15, 0.2) is 42.5 Å². The normalized spacial score (nSPS) is 9.50. The van der Waals surface area contributed by atoms with E-state index in [0.717, 1.165) is 5.56 Å². The van der Waals surface area contributed by atoms with Crippen LogP contribution in [-0.2, 0) is 0 Å². The molecule has 0 amide bonds. The van der Waals surface area contributed by atoms with Crippen molar-refractivity contribution in [3.05, 3.63) is 42.5 Å². The van der Waals surface area contributed by atoms with Crippen LogP contribution in [0.4, 0.5) is 5.69 Å². The van der Waals surface area contributed by atoms with Gasteiger partial charge >= 0.3 is 0 Å². The minimum Gasteiger partial charge on any atom is -0.508 e. The van der Waals surface area contributed by atoms with Crippen molar-refractivity contribution in [2.45, 2.75) is 0 Å². The Kier molecular flexibility index (Phi) is 3.64. The van der Waals surface area contributed by atoms with Gasteiger partial charge in [0, 0.05) is 11.3 Å². The third kappa shape index (κ3) is 2.38. The Balaban J connectivity index is 0.00000128. The summed E-state index contributed by atoms with van der Waals surface area (Å²) < 4.78 is 0. The first-order valence-corrected chi connectivity index (χ1v) is 4.55. The van der Waals surface area contributed by atoms with Crippen LogP contribution >= 0.6 is 12.4 Å². The molecular weight excluding hydrogens is 226 g/mol. The van der Waals surface area contributed by atoms with E-state index in [-0.39, 0.29) is 23.9 Å². The van der Waals surface area contributed by atoms with E-state index in [0.29, 0.717) is 11.3 Å². The van der Waals surface area contributed by atoms with Gasteiger partial charge in [-0.1, -0.05) is 12.1 Å². The number of hydrogen-bond acceptors (Lipinski definition) is 3. The van der Waals surface area contributed by atoms with Crippen LogP contribution in [0, 0.1) is 0 Å². The first-order chi connectivity index (χ1) is 7.16. The number of phenols is 2. The van der Waals surface area contributed by atoms with E-state index >= 15 is 0 Å². The van der Waals surface area contributed by atoms with E-state index in [9.17, 15) is 10.2 Å². The molecule has 0 atom stereocenters. The third-order valence-electron chi connectivity index (χ3n) is 2.18. The molecule has 0 radical (unpaired) electrons. The highest BCUT2D eigenvalue weighted by Gasteiger charge is 2.04. The number of aromatic hydroxyl groups is 2. The van der Waals surface area contributed by atoms with Gasteiger partial charge in [0.05, 0.1) is 0 Å². The van der Waals surface area contributed by atoms with Gasteiger partial charge in [0.15, 0.2) is 0 Å². The molecule has 2 rings (SSSR count). The van der Waals surface area contributed by atoms with E-state index in [4.69, 9.17) is 5.73 Å². The zero-order valence-corrected chi connectivity index (χ0v) is 9.24. The smallest absolute Gasteiger partial charge is 0.123 e. The Bertz CT molecular complexity index is 500. The zero-order valence-electron chi connectivity index (χ0n) is 8.42. The molecule has 4 heteroatoms. The molecule has 0 aliphatic rings. The van der Waals surface area contributed by atoms with Crippen molar-refractivity contribution in [1.82, 2.24) is 0 Å². The average molecular weight is 238 g/mol. The van der Waals surface area contributed by atoms with Gasteiger partial charge in [0.25, 0.3) is 0 Å². The Morgan fingerprint density at radius 1 is 0.938 bits per heavy atom. The highest BCUT2D eigenvalue weighted by molar-refractivity contribution is 5.85. The average Bonchev–Trinajstić information content (AvgIpc) is 2.22. The molecule has 0 aliphatic carbocycles. The van der Waals surface area contributed by atoms with Crippen molar-refractivity contribution in [1.29, 1.82) is 0 Å². The lowest BCUT2D eigenvalue weighted by molar-refractivity contribution is 0.474. The number of halogens is 1. The van der Waals surface area contributed by atoms with E-state index in [1.165, 1.54) is 6.07 Å². The monoisotopic (exact) mass is 237 g/mol. The summed E-state index contributed by atoms with van der Waals surface area (Å²) in [5.74, 6) is 0.309. The summed E-state index contributed by atoms with van der Waals surface area (Å²) in [5.41, 5.74) is 7.56. The van der Waals surface area contributed by atoms with Crippen molar-refractivity contribution < 1.29 is 10.2 Å². The number of benzene rings is 2. The number of hydrogen-bond donors (Lipinski definition) is 3. The molecule has 2 aromatic carbocycles. The molecule has 0 aromatic heterocycles. The van der Waals surface area contributed by atoms with Crippen LogP contribution in [-0.4, -0.2) is 10.2 Å². The lowest BCUT2D eigenvalue weighted by Crippen LogP contribution is -1.86. The van der Waals surface area contributed by atoms with Gasteiger partial charge < -0.3 is 15.9 Å². The fraction of sp³-hybridized carbons (Fsp3) is 0. The van der Waals surface area contributed by atoms with Crippen molar-refractivity contribution in [3.63, 3.8) is 0 Å². The van der Waals surface area contributed by atoms with Crippen LogP contribution in [0.1, 0.15) is 0 Å². The molecule has 0 aliphatic heterocycles. The van der Waals surface area contributed by atoms with E-state index in [2.05, 4.69) is 0 Å². The van der Waals surface area contributed by atoms with Gasteiger partial charge in [-0.3, -0.25) is 0 Å². The van der Waals surface area contributed by atoms with Crippen molar-refractivity contribution >= 4 is 18.1 Å². The summed E-state index contributed by atoms with van der Waals surface area (Å²) in [7, 11) is 0. The zero-order chi connectivity index (χ0) is 10.8. The molecule has 0 unspecified atom stereocenters. The molecule has 0 heterocycles. The number of anilines is 1. The Morgan fingerprint density at radius 3 is 2.38 bits per heavy atom. The molecule has 4 N–H and O–H groups in total. The van der Waals surface area contributed by atoms with E-state index < -0.39 is 0 Å². The van der Waals surface area contributed by atoms with Crippen LogP contribution in [0.3, 0.4) is 0 Å². The predicted octanol–water partition coefficient (Wildman–Crippen LogP) is 2.77. The molecule has 16 heavy (non-hydrogen) atoms. The van der Waals surface area contributed by atoms with E-state index in [1.807, 2.05) is 0 Å². The molecule has 0 fully saturated rings. The van der Waals surface area contributed by atoms with Crippen LogP contribution in [0.2, 0.25) is 0 Å². The largest absolute Gasteiger partial charge is 0.508 e. The topological polar surface area (TPSA) is 66.5 Å². The maximum Gasteiger partial charge on any atom is 0.123 e. The summed E-state index contributed by atoms with van der Waals surface area (Å²) in [5, 5.41) is 19.0. The van der Waals surface area contributed by atoms with Crippen molar-refractivity contribution in [2.75, 3.05) is 5.73 Å². The standard InChI is InChI=1S/C12H11NO2.ClH/c13-9-4-5-12(15)11(7-9)8-2-1-3-10(14)6-8;/h1-7,14-15H,13H2;1H. The van der Waals surface area contributed by atoms with Crippen molar-refractivity contribution in [2.24, 2.45) is 0 Å². The summed E-state index contributed by atoms with van der Waals surface area (Å²) in [6.45, 7) is 0. The molecule has 0 saturated heterocycles. The highest BCUT2D eigenvalue weighted by atomic mass is 35.5. The van der Waals surface area contributed by atoms with Crippen molar-refractivity contribution in [3.8, 4) is 22.6 Å². The number of nitrogens with two attached hydrogens (primary N) is 1. The SMILES string of the molecule is Cl.Nc1ccc(O)c(-c2cccc(O)c2)c1. The minimum atomic E-state index is 0. The molecule has 3 nitrogen and oxygen atoms in total. The van der Waals surface area contributed by atoms with Crippen LogP contribution in [0.5, 0.6) is 11.5 Å². The van der Waals surface area contributed by atoms with E-state index in [1.54, 1.807) is 36.4 Å². The fourth-order valence-electron chi connectivity index (χ4n) is 1.46. The first-order valence-electron chi connectivity index (χ1n) is 4.55. The second-order valence-electron chi connectivity index (χ2n) is 3.33. The van der Waals surface area contributed by atoms with Gasteiger partial charge in [-0.05, 0) is 35.9 Å². The lowest BCUT2D eigenvalue weighted by Gasteiger charge is -2.06. The second kappa shape index (κ2) is 4.77. The molecule has 2 aromatic rings. The Hall–Kier alpha value is -1.87. The maximum absolute atomic E-state index is 9.64. The summed E-state index contributed by atoms with van der Waals surface area (Å²) >= 11 is 0. The van der Waals surface area contributed by atoms with Gasteiger partial charge in [-0.2, -0.15) is 0 Å². The molecular formula is C12H12ClNO2. The fourth-order valence-corrected chi connectivity index (χ4v) is 1.46. The maximum atomic E-state index is 9.64. The molecule has 0 spiro atoms. The quantitative estimate of drug-likeness (QED) is 0.528. The highest BCUT2D eigenvalue weighted by Crippen LogP contribution is 2.32. The molecule has 0 saturated carbocycles. The number of nitrogen functional groups attached to an aromatic ring is 1. The third-order valence-corrected chi connectivity index (χ3v) is 2.18. The van der Waals surface area contributed by atoms with Gasteiger partial charge in [0.2, 0.25) is 0 Å². The van der Waals surface area contributed by atoms with Crippen LogP contribution < -0.4 is 5.73 Å². The second-order valence-corrected chi connectivity index (χ2v) is 3.33.